The molecule has 0 spiro atoms. The van der Waals surface area contributed by atoms with Crippen LogP contribution in [0.2, 0.25) is 0 Å². The molecular weight excluding hydrogens is 626 g/mol. The Morgan fingerprint density at radius 1 is 0.674 bits per heavy atom. The Balaban J connectivity index is 2.27. The number of halogens is 14. The van der Waals surface area contributed by atoms with E-state index in [0.717, 1.165) is 23.5 Å². The molecule has 4 nitrogen and oxygen atoms in total. The molecule has 232 valence electrons. The Morgan fingerprint density at radius 2 is 1.16 bits per heavy atom. The second-order valence-corrected chi connectivity index (χ2v) is 8.66. The first-order valence-electron chi connectivity index (χ1n) is 11.1. The van der Waals surface area contributed by atoms with E-state index < -0.39 is 93.6 Å². The first-order valence-corrected chi connectivity index (χ1v) is 11.1. The van der Waals surface area contributed by atoms with E-state index in [4.69, 9.17) is 5.73 Å². The number of amides is 2. The van der Waals surface area contributed by atoms with Crippen LogP contribution >= 0.6 is 0 Å². The van der Waals surface area contributed by atoms with Crippen LogP contribution in [0.25, 0.3) is 11.1 Å². The topological polar surface area (TPSA) is 72.2 Å². The molecule has 0 fully saturated rings. The van der Waals surface area contributed by atoms with Crippen LogP contribution in [-0.2, 0) is 18.0 Å². The van der Waals surface area contributed by atoms with Gasteiger partial charge in [-0.25, -0.2) is 8.78 Å². The smallest absolute Gasteiger partial charge is 0.366 e. The molecule has 0 aliphatic rings. The van der Waals surface area contributed by atoms with E-state index in [2.05, 4.69) is 0 Å². The maximum atomic E-state index is 15.3. The third kappa shape index (κ3) is 6.22. The number of alkyl halides is 13. The molecule has 0 saturated carbocycles. The molecule has 0 heterocycles. The Labute approximate surface area is 230 Å². The van der Waals surface area contributed by atoms with Gasteiger partial charge >= 0.3 is 30.4 Å². The minimum absolute atomic E-state index is 0.140. The molecule has 0 radical (unpaired) electrons. The molecule has 3 rings (SSSR count). The summed E-state index contributed by atoms with van der Waals surface area (Å²) in [4.78, 5) is 24.2. The van der Waals surface area contributed by atoms with E-state index in [-0.39, 0.29) is 11.1 Å². The van der Waals surface area contributed by atoms with Gasteiger partial charge in [0.25, 0.3) is 5.91 Å². The van der Waals surface area contributed by atoms with Crippen molar-refractivity contribution in [1.82, 2.24) is 0 Å². The van der Waals surface area contributed by atoms with Crippen molar-refractivity contribution < 1.29 is 71.1 Å². The Bertz CT molecular complexity index is 1520. The maximum Gasteiger partial charge on any atom is 0.435 e. The van der Waals surface area contributed by atoms with Crippen molar-refractivity contribution >= 4 is 17.5 Å². The van der Waals surface area contributed by atoms with Crippen molar-refractivity contribution in [3.05, 3.63) is 88.2 Å². The number of anilines is 1. The van der Waals surface area contributed by atoms with Crippen LogP contribution in [0.15, 0.2) is 54.6 Å². The van der Waals surface area contributed by atoms with Gasteiger partial charge in [0.1, 0.15) is 5.82 Å². The van der Waals surface area contributed by atoms with Crippen LogP contribution in [0.5, 0.6) is 0 Å². The predicted octanol–water partition coefficient (Wildman–Crippen LogP) is 8.17. The molecule has 0 saturated heterocycles. The molecule has 0 bridgehead atoms. The Hall–Kier alpha value is -4.38. The zero-order chi connectivity index (χ0) is 32.9. The van der Waals surface area contributed by atoms with Crippen molar-refractivity contribution in [2.45, 2.75) is 30.4 Å². The van der Waals surface area contributed by atoms with Crippen molar-refractivity contribution in [2.24, 2.45) is 5.73 Å². The molecule has 43 heavy (non-hydrogen) atoms. The van der Waals surface area contributed by atoms with Gasteiger partial charge in [-0.05, 0) is 35.9 Å². The largest absolute Gasteiger partial charge is 0.435 e. The standard InChI is InChI=1S/C25H12F14N2O2/c26-17-13(10-3-1-4-11(7-10)19(40)42)5-2-6-14(17)20(43)41-18-15(22(28,29)30)8-12(9-16(18)23(31,32)33)21(27,24(34,35)36)25(37,38)39/h1-9H,(H2,40,42)(H,41,43). The molecule has 0 aliphatic carbocycles. The van der Waals surface area contributed by atoms with Gasteiger partial charge in [-0.15, -0.1) is 0 Å². The molecule has 0 atom stereocenters. The van der Waals surface area contributed by atoms with E-state index in [9.17, 15) is 66.7 Å². The minimum atomic E-state index is -7.09. The summed E-state index contributed by atoms with van der Waals surface area (Å²) in [6, 6.07) is 4.70. The highest BCUT2D eigenvalue weighted by Crippen LogP contribution is 2.55. The monoisotopic (exact) mass is 638 g/mol. The fraction of sp³-hybridized carbons (Fsp3) is 0.200. The van der Waals surface area contributed by atoms with E-state index >= 15 is 4.39 Å². The number of hydrogen-bond donors (Lipinski definition) is 2. The fourth-order valence-corrected chi connectivity index (χ4v) is 3.86. The lowest BCUT2D eigenvalue weighted by Gasteiger charge is -2.32. The van der Waals surface area contributed by atoms with Crippen molar-refractivity contribution in [3.8, 4) is 11.1 Å². The molecular formula is C25H12F14N2O2. The number of primary amides is 1. The highest BCUT2D eigenvalue weighted by Gasteiger charge is 2.74. The third-order valence-electron chi connectivity index (χ3n) is 5.87. The number of benzene rings is 3. The van der Waals surface area contributed by atoms with Gasteiger partial charge in [0.15, 0.2) is 0 Å². The molecule has 3 aromatic carbocycles. The SMILES string of the molecule is NC(=O)c1cccc(-c2cccc(C(=O)Nc3c(C(F)(F)F)cc(C(F)(C(F)(F)F)C(F)(F)F)cc3C(F)(F)F)c2F)c1. The number of carbonyl (C=O) groups is 2. The molecule has 2 amide bonds. The van der Waals surface area contributed by atoms with Gasteiger partial charge in [-0.1, -0.05) is 24.3 Å². The summed E-state index contributed by atoms with van der Waals surface area (Å²) >= 11 is 0. The number of hydrogen-bond acceptors (Lipinski definition) is 2. The lowest BCUT2D eigenvalue weighted by Crippen LogP contribution is -2.50. The van der Waals surface area contributed by atoms with Crippen molar-refractivity contribution in [3.63, 3.8) is 0 Å². The number of rotatable bonds is 5. The normalized spacial score (nSPS) is 13.2. The van der Waals surface area contributed by atoms with Gasteiger partial charge in [0.2, 0.25) is 5.91 Å². The average molecular weight is 638 g/mol. The van der Waals surface area contributed by atoms with Crippen molar-refractivity contribution in [2.75, 3.05) is 5.32 Å². The second kappa shape index (κ2) is 10.7. The average Bonchev–Trinajstić information content (AvgIpc) is 2.85. The first-order chi connectivity index (χ1) is 19.4. The van der Waals surface area contributed by atoms with E-state index in [1.807, 2.05) is 0 Å². The fourth-order valence-electron chi connectivity index (χ4n) is 3.86. The summed E-state index contributed by atoms with van der Waals surface area (Å²) in [5.74, 6) is -4.61. The maximum absolute atomic E-state index is 15.3. The number of nitrogens with one attached hydrogen (secondary N) is 1. The van der Waals surface area contributed by atoms with Crippen LogP contribution in [0.1, 0.15) is 37.4 Å². The van der Waals surface area contributed by atoms with Gasteiger partial charge in [-0.3, -0.25) is 9.59 Å². The predicted molar refractivity (Wildman–Crippen MR) is 120 cm³/mol. The lowest BCUT2D eigenvalue weighted by molar-refractivity contribution is -0.348. The molecule has 0 aromatic heterocycles. The van der Waals surface area contributed by atoms with Crippen LogP contribution in [0.4, 0.5) is 67.2 Å². The van der Waals surface area contributed by atoms with E-state index in [1.165, 1.54) is 18.2 Å². The van der Waals surface area contributed by atoms with Gasteiger partial charge in [0.05, 0.1) is 22.4 Å². The van der Waals surface area contributed by atoms with E-state index in [1.54, 1.807) is 0 Å². The molecule has 0 aliphatic heterocycles. The Kier molecular flexibility index (Phi) is 8.25. The Morgan fingerprint density at radius 3 is 1.60 bits per heavy atom. The van der Waals surface area contributed by atoms with Gasteiger partial charge in [0, 0.05) is 16.7 Å². The summed E-state index contributed by atoms with van der Waals surface area (Å²) in [7, 11) is 0. The van der Waals surface area contributed by atoms with Crippen LogP contribution in [0, 0.1) is 5.82 Å². The highest BCUT2D eigenvalue weighted by molar-refractivity contribution is 6.06. The molecule has 3 aromatic rings. The van der Waals surface area contributed by atoms with Crippen LogP contribution in [0.3, 0.4) is 0 Å². The lowest BCUT2D eigenvalue weighted by atomic mass is 9.89. The zero-order valence-electron chi connectivity index (χ0n) is 20.4. The summed E-state index contributed by atoms with van der Waals surface area (Å²) in [5, 5.41) is 1.04. The minimum Gasteiger partial charge on any atom is -0.366 e. The van der Waals surface area contributed by atoms with Crippen LogP contribution in [-0.4, -0.2) is 24.2 Å². The number of carbonyl (C=O) groups excluding carboxylic acids is 2. The summed E-state index contributed by atoms with van der Waals surface area (Å²) in [6.45, 7) is 0. The molecule has 18 heteroatoms. The molecule has 3 N–H and O–H groups in total. The zero-order valence-corrected chi connectivity index (χ0v) is 20.4. The first kappa shape index (κ1) is 33.1. The quantitative estimate of drug-likeness (QED) is 0.277. The highest BCUT2D eigenvalue weighted by atomic mass is 19.4. The number of nitrogens with two attached hydrogens (primary N) is 1. The van der Waals surface area contributed by atoms with Crippen molar-refractivity contribution in [1.29, 1.82) is 0 Å². The summed E-state index contributed by atoms with van der Waals surface area (Å²) in [5.41, 5.74) is -15.1. The third-order valence-corrected chi connectivity index (χ3v) is 5.87. The summed E-state index contributed by atoms with van der Waals surface area (Å²) < 4.78 is 192. The van der Waals surface area contributed by atoms with E-state index in [0.29, 0.717) is 6.07 Å². The van der Waals surface area contributed by atoms with Crippen LogP contribution < -0.4 is 11.1 Å². The van der Waals surface area contributed by atoms with Gasteiger partial charge in [-0.2, -0.15) is 52.7 Å². The van der Waals surface area contributed by atoms with Gasteiger partial charge < -0.3 is 11.1 Å². The summed E-state index contributed by atoms with van der Waals surface area (Å²) in [6.07, 6.45) is -26.6. The second-order valence-electron chi connectivity index (χ2n) is 8.66. The molecule has 0 unspecified atom stereocenters.